The molecule has 2 rings (SSSR count). The predicted octanol–water partition coefficient (Wildman–Crippen LogP) is 0.846. The molecule has 1 saturated heterocycles. The van der Waals surface area contributed by atoms with Crippen LogP contribution in [0.4, 0.5) is 0 Å². The highest BCUT2D eigenvalue weighted by Gasteiger charge is 2.45. The van der Waals surface area contributed by atoms with Crippen LogP contribution < -0.4 is 5.32 Å². The molecule has 1 aliphatic heterocycles. The predicted molar refractivity (Wildman–Crippen MR) is 115 cm³/mol. The van der Waals surface area contributed by atoms with Crippen LogP contribution in [0.2, 0.25) is 0 Å². The number of likely N-dealkylation sites (tertiary alicyclic amines) is 1. The lowest BCUT2D eigenvalue weighted by molar-refractivity contribution is -0.144. The van der Waals surface area contributed by atoms with Gasteiger partial charge in [0.25, 0.3) is 0 Å². The lowest BCUT2D eigenvalue weighted by Crippen LogP contribution is -2.49. The molecule has 1 aliphatic rings. The Morgan fingerprint density at radius 1 is 1.30 bits per heavy atom. The minimum absolute atomic E-state index is 0.0609. The maximum Gasteiger partial charge on any atom is 0.248 e. The molecule has 0 aliphatic carbocycles. The number of aromatic nitrogens is 3. The molecule has 2 N–H and O–H groups in total. The number of hydrogen-bond acceptors (Lipinski definition) is 6. The lowest BCUT2D eigenvalue weighted by atomic mass is 9.85. The van der Waals surface area contributed by atoms with E-state index in [1.165, 1.54) is 11.9 Å². The average Bonchev–Trinajstić information content (AvgIpc) is 3.23. The van der Waals surface area contributed by atoms with Crippen LogP contribution >= 0.6 is 0 Å². The molecule has 9 nitrogen and oxygen atoms in total. The summed E-state index contributed by atoms with van der Waals surface area (Å²) >= 11 is 0. The molecular formula is C21H38N6O3. The number of amides is 2. The summed E-state index contributed by atoms with van der Waals surface area (Å²) in [4.78, 5) is 29.5. The van der Waals surface area contributed by atoms with Crippen LogP contribution in [0.3, 0.4) is 0 Å². The summed E-state index contributed by atoms with van der Waals surface area (Å²) < 4.78 is 1.61. The smallest absolute Gasteiger partial charge is 0.248 e. The topological polar surface area (TPSA) is 104 Å². The van der Waals surface area contributed by atoms with Crippen LogP contribution in [0, 0.1) is 5.41 Å². The molecule has 1 aromatic heterocycles. The molecule has 9 heteroatoms. The zero-order valence-corrected chi connectivity index (χ0v) is 19.6. The molecule has 2 amide bonds. The third-order valence-electron chi connectivity index (χ3n) is 5.84. The summed E-state index contributed by atoms with van der Waals surface area (Å²) in [6.45, 7) is 13.3. The molecule has 3 atom stereocenters. The van der Waals surface area contributed by atoms with E-state index in [9.17, 15) is 14.7 Å². The second-order valence-electron chi connectivity index (χ2n) is 10.3. The fraction of sp³-hybridized carbons (Fsp3) is 0.810. The molecule has 1 fully saturated rings. The molecule has 1 aromatic rings. The fourth-order valence-electron chi connectivity index (χ4n) is 3.68. The Bertz CT molecular complexity index is 749. The lowest BCUT2D eigenvalue weighted by Gasteiger charge is -2.34. The average molecular weight is 423 g/mol. The van der Waals surface area contributed by atoms with Crippen LogP contribution in [0.5, 0.6) is 0 Å². The van der Waals surface area contributed by atoms with Crippen molar-refractivity contribution in [3.05, 3.63) is 11.9 Å². The number of likely N-dealkylation sites (N-methyl/N-ethyl adjacent to an activating group) is 2. The van der Waals surface area contributed by atoms with Gasteiger partial charge in [0.15, 0.2) is 0 Å². The zero-order chi connectivity index (χ0) is 22.9. The van der Waals surface area contributed by atoms with Crippen molar-refractivity contribution in [3.8, 4) is 0 Å². The van der Waals surface area contributed by atoms with Crippen molar-refractivity contribution < 1.29 is 14.7 Å². The van der Waals surface area contributed by atoms with Gasteiger partial charge in [-0.2, -0.15) is 0 Å². The van der Waals surface area contributed by atoms with Crippen molar-refractivity contribution in [3.63, 3.8) is 0 Å². The normalized spacial score (nSPS) is 21.2. The van der Waals surface area contributed by atoms with Crippen LogP contribution in [-0.2, 0) is 16.0 Å². The van der Waals surface area contributed by atoms with E-state index in [1.54, 1.807) is 4.68 Å². The molecule has 2 unspecified atom stereocenters. The van der Waals surface area contributed by atoms with Gasteiger partial charge in [0, 0.05) is 44.7 Å². The monoisotopic (exact) mass is 422 g/mol. The number of carbonyl (C=O) groups is 2. The van der Waals surface area contributed by atoms with E-state index >= 15 is 0 Å². The molecular weight excluding hydrogens is 384 g/mol. The summed E-state index contributed by atoms with van der Waals surface area (Å²) in [5.74, 6) is -0.493. The quantitative estimate of drug-likeness (QED) is 0.704. The number of aliphatic hydroxyl groups is 1. The van der Waals surface area contributed by atoms with Crippen LogP contribution in [0.25, 0.3) is 0 Å². The third-order valence-corrected chi connectivity index (χ3v) is 5.84. The Balaban J connectivity index is 2.24. The summed E-state index contributed by atoms with van der Waals surface area (Å²) in [6.07, 6.45) is 2.08. The third kappa shape index (κ3) is 5.57. The van der Waals surface area contributed by atoms with E-state index in [1.807, 2.05) is 27.0 Å². The zero-order valence-electron chi connectivity index (χ0n) is 19.6. The van der Waals surface area contributed by atoms with Gasteiger partial charge in [0.05, 0.1) is 11.8 Å². The summed E-state index contributed by atoms with van der Waals surface area (Å²) in [7, 11) is 3.61. The first-order chi connectivity index (χ1) is 13.8. The molecule has 2 heterocycles. The standard InChI is InChI=1S/C21H38N6O3/c1-20(2,3)17(19(30)26-13-15(28)11-16(26)18(29)22-7)27-12-14(23-24-27)9-10-25(8)21(4,5)6/h12,15-17,28H,9-11,13H2,1-8H3,(H,22,29)/t15?,16?,17-/m1/s1. The highest BCUT2D eigenvalue weighted by molar-refractivity contribution is 5.90. The number of β-amino-alcohol motifs (C(OH)–C–C–N with tert-alkyl or cyclic N) is 1. The van der Waals surface area contributed by atoms with Crippen LogP contribution in [-0.4, -0.2) is 86.6 Å². The maximum absolute atomic E-state index is 13.5. The SMILES string of the molecule is CNC(=O)C1CC(O)CN1C(=O)[C@@H](n1cc(CCN(C)C(C)(C)C)nn1)C(C)(C)C. The van der Waals surface area contributed by atoms with Crippen molar-refractivity contribution in [1.82, 2.24) is 30.1 Å². The van der Waals surface area contributed by atoms with Gasteiger partial charge < -0.3 is 20.2 Å². The number of rotatable bonds is 6. The van der Waals surface area contributed by atoms with E-state index in [0.717, 1.165) is 18.7 Å². The Morgan fingerprint density at radius 2 is 1.93 bits per heavy atom. The molecule has 0 saturated carbocycles. The first kappa shape index (κ1) is 24.3. The molecule has 170 valence electrons. The molecule has 0 aromatic carbocycles. The fourth-order valence-corrected chi connectivity index (χ4v) is 3.68. The van der Waals surface area contributed by atoms with Gasteiger partial charge in [-0.05, 0) is 33.2 Å². The minimum atomic E-state index is -0.712. The Morgan fingerprint density at radius 3 is 2.47 bits per heavy atom. The van der Waals surface area contributed by atoms with Gasteiger partial charge in [-0.25, -0.2) is 4.68 Å². The van der Waals surface area contributed by atoms with Gasteiger partial charge in [-0.15, -0.1) is 5.10 Å². The Labute approximate surface area is 179 Å². The number of carbonyl (C=O) groups excluding carboxylic acids is 2. The number of nitrogens with one attached hydrogen (secondary N) is 1. The van der Waals surface area contributed by atoms with Gasteiger partial charge >= 0.3 is 0 Å². The van der Waals surface area contributed by atoms with Gasteiger partial charge in [0.1, 0.15) is 12.1 Å². The Kier molecular flexibility index (Phi) is 7.29. The summed E-state index contributed by atoms with van der Waals surface area (Å²) in [6, 6.07) is -1.30. The Hall–Kier alpha value is -2.00. The van der Waals surface area contributed by atoms with Crippen molar-refractivity contribution in [2.75, 3.05) is 27.2 Å². The van der Waals surface area contributed by atoms with Crippen molar-refractivity contribution in [2.45, 2.75) is 78.1 Å². The van der Waals surface area contributed by atoms with Crippen molar-refractivity contribution >= 4 is 11.8 Å². The van der Waals surface area contributed by atoms with E-state index in [4.69, 9.17) is 0 Å². The highest BCUT2D eigenvalue weighted by atomic mass is 16.3. The summed E-state index contributed by atoms with van der Waals surface area (Å²) in [5, 5.41) is 21.2. The van der Waals surface area contributed by atoms with Gasteiger partial charge in [-0.3, -0.25) is 9.59 Å². The molecule has 0 radical (unpaired) electrons. The van der Waals surface area contributed by atoms with Crippen molar-refractivity contribution in [2.24, 2.45) is 5.41 Å². The van der Waals surface area contributed by atoms with Crippen molar-refractivity contribution in [1.29, 1.82) is 0 Å². The highest BCUT2D eigenvalue weighted by Crippen LogP contribution is 2.34. The number of hydrogen-bond donors (Lipinski definition) is 2. The van der Waals surface area contributed by atoms with E-state index in [-0.39, 0.29) is 30.3 Å². The second kappa shape index (κ2) is 9.01. The van der Waals surface area contributed by atoms with E-state index in [0.29, 0.717) is 0 Å². The van der Waals surface area contributed by atoms with E-state index in [2.05, 4.69) is 48.3 Å². The van der Waals surface area contributed by atoms with Crippen LogP contribution in [0.1, 0.15) is 59.7 Å². The first-order valence-corrected chi connectivity index (χ1v) is 10.6. The van der Waals surface area contributed by atoms with Gasteiger partial charge in [-0.1, -0.05) is 26.0 Å². The maximum atomic E-state index is 13.5. The van der Waals surface area contributed by atoms with Gasteiger partial charge in [0.2, 0.25) is 11.8 Å². The molecule has 0 spiro atoms. The largest absolute Gasteiger partial charge is 0.391 e. The molecule has 30 heavy (non-hydrogen) atoms. The summed E-state index contributed by atoms with van der Waals surface area (Å²) in [5.41, 5.74) is 0.425. The number of aliphatic hydroxyl groups excluding tert-OH is 1. The second-order valence-corrected chi connectivity index (χ2v) is 10.3. The molecule has 0 bridgehead atoms. The van der Waals surface area contributed by atoms with E-state index < -0.39 is 23.6 Å². The minimum Gasteiger partial charge on any atom is -0.391 e. The van der Waals surface area contributed by atoms with Crippen LogP contribution in [0.15, 0.2) is 6.20 Å². The number of nitrogens with zero attached hydrogens (tertiary/aromatic N) is 5. The first-order valence-electron chi connectivity index (χ1n) is 10.6.